The van der Waals surface area contributed by atoms with Crippen molar-refractivity contribution in [3.8, 4) is 6.07 Å². The zero-order valence-electron chi connectivity index (χ0n) is 13.3. The highest BCUT2D eigenvalue weighted by atomic mass is 35.5. The summed E-state index contributed by atoms with van der Waals surface area (Å²) >= 11 is 5.80. The van der Waals surface area contributed by atoms with Crippen molar-refractivity contribution in [3.63, 3.8) is 0 Å². The van der Waals surface area contributed by atoms with Gasteiger partial charge in [0.15, 0.2) is 0 Å². The molecule has 2 aromatic rings. The molecule has 1 N–H and O–H groups in total. The number of carboxylic acids is 1. The fourth-order valence-electron chi connectivity index (χ4n) is 2.02. The topological polar surface area (TPSA) is 93.0 Å². The molecule has 27 heavy (non-hydrogen) atoms. The maximum atomic E-state index is 12.8. The molecule has 0 aliphatic heterocycles. The third kappa shape index (κ3) is 5.09. The van der Waals surface area contributed by atoms with Crippen LogP contribution in [0.5, 0.6) is 0 Å². The molecule has 5 nitrogen and oxygen atoms in total. The number of hydrogen-bond donors (Lipinski definition) is 1. The second kappa shape index (κ2) is 7.93. The van der Waals surface area contributed by atoms with Crippen LogP contribution in [0.2, 0.25) is 5.02 Å². The summed E-state index contributed by atoms with van der Waals surface area (Å²) in [5.74, 6) is -2.36. The first-order chi connectivity index (χ1) is 12.6. The molecule has 2 rings (SSSR count). The maximum absolute atomic E-state index is 12.8. The van der Waals surface area contributed by atoms with Crippen LogP contribution < -0.4 is 10.4 Å². The zero-order chi connectivity index (χ0) is 20.2. The number of carboxylic acid groups (broad SMARTS) is 1. The molecule has 0 aliphatic rings. The van der Waals surface area contributed by atoms with E-state index in [2.05, 4.69) is 5.32 Å². The molecule has 0 heterocycles. The van der Waals surface area contributed by atoms with E-state index in [0.29, 0.717) is 11.6 Å². The van der Waals surface area contributed by atoms with Crippen LogP contribution in [0.25, 0.3) is 6.08 Å². The number of anilines is 1. The molecule has 0 saturated heterocycles. The van der Waals surface area contributed by atoms with Gasteiger partial charge >= 0.3 is 6.18 Å². The SMILES string of the molecule is N#C/C(=C\c1ccc(C(=O)[O-])cc1)C(=O)Nc1cc(C(F)(F)F)ccc1Cl. The lowest BCUT2D eigenvalue weighted by Crippen LogP contribution is -2.21. The number of hydrogen-bond acceptors (Lipinski definition) is 4. The number of rotatable bonds is 4. The molecule has 0 radical (unpaired) electrons. The van der Waals surface area contributed by atoms with Gasteiger partial charge in [-0.25, -0.2) is 0 Å². The molecule has 0 saturated carbocycles. The van der Waals surface area contributed by atoms with Crippen molar-refractivity contribution in [3.05, 3.63) is 69.8 Å². The third-order valence-electron chi connectivity index (χ3n) is 3.36. The molecular weight excluding hydrogens is 385 g/mol. The maximum Gasteiger partial charge on any atom is 0.416 e. The minimum absolute atomic E-state index is 0.0918. The number of halogens is 4. The number of nitrogens with zero attached hydrogens (tertiary/aromatic N) is 1. The van der Waals surface area contributed by atoms with E-state index in [1.807, 2.05) is 0 Å². The molecule has 0 fully saturated rings. The van der Waals surface area contributed by atoms with Crippen LogP contribution in [0.3, 0.4) is 0 Å². The predicted molar refractivity (Wildman–Crippen MR) is 89.4 cm³/mol. The fourth-order valence-corrected chi connectivity index (χ4v) is 2.18. The van der Waals surface area contributed by atoms with Crippen LogP contribution in [-0.2, 0) is 11.0 Å². The lowest BCUT2D eigenvalue weighted by molar-refractivity contribution is -0.255. The Balaban J connectivity index is 2.27. The standard InChI is InChI=1S/C18H10ClF3N2O3/c19-14-6-5-13(18(20,21)22)8-15(14)24-16(25)12(9-23)7-10-1-3-11(4-2-10)17(26)27/h1-8H,(H,24,25)(H,26,27)/p-1/b12-7+. The molecule has 0 aromatic heterocycles. The van der Waals surface area contributed by atoms with Crippen LogP contribution in [-0.4, -0.2) is 11.9 Å². The van der Waals surface area contributed by atoms with Crippen molar-refractivity contribution in [1.82, 2.24) is 0 Å². The van der Waals surface area contributed by atoms with Crippen LogP contribution in [0.1, 0.15) is 21.5 Å². The Hall–Kier alpha value is -3.31. The Morgan fingerprint density at radius 3 is 2.30 bits per heavy atom. The second-order valence-corrected chi connectivity index (χ2v) is 5.63. The second-order valence-electron chi connectivity index (χ2n) is 5.23. The van der Waals surface area contributed by atoms with Crippen molar-refractivity contribution in [2.45, 2.75) is 6.18 Å². The minimum atomic E-state index is -4.63. The van der Waals surface area contributed by atoms with Crippen molar-refractivity contribution < 1.29 is 27.9 Å². The van der Waals surface area contributed by atoms with Gasteiger partial charge in [0.05, 0.1) is 22.2 Å². The summed E-state index contributed by atoms with van der Waals surface area (Å²) in [7, 11) is 0. The van der Waals surface area contributed by atoms with E-state index < -0.39 is 29.2 Å². The number of benzene rings is 2. The highest BCUT2D eigenvalue weighted by Crippen LogP contribution is 2.34. The van der Waals surface area contributed by atoms with Gasteiger partial charge in [-0.05, 0) is 35.4 Å². The Labute approximate surface area is 156 Å². The Bertz CT molecular complexity index is 961. The number of carbonyl (C=O) groups is 2. The minimum Gasteiger partial charge on any atom is -0.545 e. The van der Waals surface area contributed by atoms with E-state index in [1.165, 1.54) is 24.3 Å². The Morgan fingerprint density at radius 1 is 1.15 bits per heavy atom. The van der Waals surface area contributed by atoms with Crippen LogP contribution in [0.15, 0.2) is 48.0 Å². The average Bonchev–Trinajstić information content (AvgIpc) is 2.60. The van der Waals surface area contributed by atoms with Gasteiger partial charge < -0.3 is 15.2 Å². The Morgan fingerprint density at radius 2 is 1.78 bits per heavy atom. The number of carbonyl (C=O) groups excluding carboxylic acids is 2. The zero-order valence-corrected chi connectivity index (χ0v) is 14.1. The van der Waals surface area contributed by atoms with E-state index in [4.69, 9.17) is 16.9 Å². The fraction of sp³-hybridized carbons (Fsp3) is 0.0556. The molecule has 9 heteroatoms. The van der Waals surface area contributed by atoms with Gasteiger partial charge in [0, 0.05) is 0 Å². The first-order valence-corrected chi connectivity index (χ1v) is 7.61. The molecule has 2 aromatic carbocycles. The molecular formula is C18H9ClF3N2O3-. The summed E-state index contributed by atoms with van der Waals surface area (Å²) in [6, 6.07) is 9.15. The van der Waals surface area contributed by atoms with Crippen molar-refractivity contribution >= 4 is 35.2 Å². The van der Waals surface area contributed by atoms with Crippen LogP contribution >= 0.6 is 11.6 Å². The molecule has 0 aliphatic carbocycles. The number of amides is 1. The summed E-state index contributed by atoms with van der Waals surface area (Å²) in [5, 5.41) is 21.9. The number of alkyl halides is 3. The van der Waals surface area contributed by atoms with Gasteiger partial charge in [0.2, 0.25) is 0 Å². The Kier molecular flexibility index (Phi) is 5.88. The summed E-state index contributed by atoms with van der Waals surface area (Å²) < 4.78 is 38.3. The molecule has 1 amide bonds. The molecule has 0 unspecified atom stereocenters. The van der Waals surface area contributed by atoms with Gasteiger partial charge in [-0.2, -0.15) is 18.4 Å². The number of nitriles is 1. The van der Waals surface area contributed by atoms with Gasteiger partial charge in [0.25, 0.3) is 5.91 Å². The molecule has 0 spiro atoms. The summed E-state index contributed by atoms with van der Waals surface area (Å²) in [5.41, 5.74) is -1.48. The molecule has 0 bridgehead atoms. The summed E-state index contributed by atoms with van der Waals surface area (Å²) in [6.45, 7) is 0. The van der Waals surface area contributed by atoms with Gasteiger partial charge in [-0.3, -0.25) is 4.79 Å². The van der Waals surface area contributed by atoms with E-state index >= 15 is 0 Å². The largest absolute Gasteiger partial charge is 0.545 e. The normalized spacial score (nSPS) is 11.6. The quantitative estimate of drug-likeness (QED) is 0.637. The van der Waals surface area contributed by atoms with E-state index in [0.717, 1.165) is 18.2 Å². The first kappa shape index (κ1) is 20.0. The van der Waals surface area contributed by atoms with Crippen molar-refractivity contribution in [2.75, 3.05) is 5.32 Å². The lowest BCUT2D eigenvalue weighted by atomic mass is 10.1. The van der Waals surface area contributed by atoms with E-state index in [9.17, 15) is 27.9 Å². The lowest BCUT2D eigenvalue weighted by Gasteiger charge is -2.11. The third-order valence-corrected chi connectivity index (χ3v) is 3.69. The van der Waals surface area contributed by atoms with E-state index in [1.54, 1.807) is 6.07 Å². The summed E-state index contributed by atoms with van der Waals surface area (Å²) in [6.07, 6.45) is -3.48. The predicted octanol–water partition coefficient (Wildman–Crippen LogP) is 3.27. The van der Waals surface area contributed by atoms with Crippen LogP contribution in [0.4, 0.5) is 18.9 Å². The highest BCUT2D eigenvalue weighted by molar-refractivity contribution is 6.34. The smallest absolute Gasteiger partial charge is 0.416 e. The number of aromatic carboxylic acids is 1. The van der Waals surface area contributed by atoms with Crippen molar-refractivity contribution in [2.24, 2.45) is 0 Å². The number of nitrogens with one attached hydrogen (secondary N) is 1. The summed E-state index contributed by atoms with van der Waals surface area (Å²) in [4.78, 5) is 22.9. The first-order valence-electron chi connectivity index (χ1n) is 7.23. The van der Waals surface area contributed by atoms with Gasteiger partial charge in [0.1, 0.15) is 11.6 Å². The highest BCUT2D eigenvalue weighted by Gasteiger charge is 2.31. The van der Waals surface area contributed by atoms with E-state index in [-0.39, 0.29) is 16.3 Å². The van der Waals surface area contributed by atoms with Crippen molar-refractivity contribution in [1.29, 1.82) is 5.26 Å². The monoisotopic (exact) mass is 393 g/mol. The van der Waals surface area contributed by atoms with Crippen LogP contribution in [0, 0.1) is 11.3 Å². The molecule has 0 atom stereocenters. The average molecular weight is 394 g/mol. The van der Waals surface area contributed by atoms with Gasteiger partial charge in [-0.15, -0.1) is 0 Å². The van der Waals surface area contributed by atoms with Gasteiger partial charge in [-0.1, -0.05) is 35.9 Å². The molecule has 138 valence electrons.